The van der Waals surface area contributed by atoms with E-state index in [9.17, 15) is 22.4 Å². The Kier molecular flexibility index (Phi) is 9.46. The fraction of sp³-hybridized carbons (Fsp3) is 0.286. The molecule has 1 unspecified atom stereocenters. The van der Waals surface area contributed by atoms with Crippen LogP contribution in [0, 0.1) is 12.7 Å². The molecule has 0 radical (unpaired) electrons. The van der Waals surface area contributed by atoms with Crippen LogP contribution in [0.1, 0.15) is 25.0 Å². The Hall–Kier alpha value is -3.92. The minimum atomic E-state index is -4.25. The van der Waals surface area contributed by atoms with E-state index in [0.29, 0.717) is 12.4 Å². The highest BCUT2D eigenvalue weighted by Gasteiger charge is 2.32. The maximum absolute atomic E-state index is 13.7. The summed E-state index contributed by atoms with van der Waals surface area (Å²) >= 11 is 0. The molecule has 0 aliphatic carbocycles. The lowest BCUT2D eigenvalue weighted by atomic mass is 10.1. The van der Waals surface area contributed by atoms with Gasteiger partial charge in [-0.2, -0.15) is 0 Å². The molecule has 3 rings (SSSR count). The number of hydrogen-bond donors (Lipinski definition) is 1. The van der Waals surface area contributed by atoms with E-state index in [1.54, 1.807) is 6.92 Å². The van der Waals surface area contributed by atoms with E-state index in [4.69, 9.17) is 4.74 Å². The highest BCUT2D eigenvalue weighted by molar-refractivity contribution is 7.92. The van der Waals surface area contributed by atoms with Crippen molar-refractivity contribution in [2.24, 2.45) is 0 Å². The molecule has 0 heterocycles. The zero-order chi connectivity index (χ0) is 27.9. The van der Waals surface area contributed by atoms with Gasteiger partial charge < -0.3 is 15.0 Å². The number of nitrogens with zero attached hydrogens (tertiary/aromatic N) is 2. The van der Waals surface area contributed by atoms with Crippen molar-refractivity contribution in [1.29, 1.82) is 0 Å². The van der Waals surface area contributed by atoms with Gasteiger partial charge in [0.15, 0.2) is 0 Å². The van der Waals surface area contributed by atoms with Gasteiger partial charge in [0.2, 0.25) is 11.8 Å². The first-order chi connectivity index (χ1) is 18.1. The number of sulfonamides is 1. The Morgan fingerprint density at radius 2 is 1.68 bits per heavy atom. The average molecular weight is 542 g/mol. The van der Waals surface area contributed by atoms with E-state index in [1.165, 1.54) is 48.3 Å². The summed E-state index contributed by atoms with van der Waals surface area (Å²) in [6.45, 7) is 5.22. The summed E-state index contributed by atoms with van der Waals surface area (Å²) in [5, 5.41) is 2.54. The van der Waals surface area contributed by atoms with Crippen molar-refractivity contribution in [3.8, 4) is 5.75 Å². The van der Waals surface area contributed by atoms with Gasteiger partial charge in [-0.3, -0.25) is 13.9 Å². The number of aryl methyl sites for hydroxylation is 1. The van der Waals surface area contributed by atoms with Gasteiger partial charge in [0.25, 0.3) is 10.0 Å². The predicted molar refractivity (Wildman–Crippen MR) is 144 cm³/mol. The molecule has 0 aromatic heterocycles. The molecular formula is C28H32FN3O5S. The summed E-state index contributed by atoms with van der Waals surface area (Å²) in [5.74, 6) is -1.04. The molecule has 0 aliphatic rings. The third-order valence-corrected chi connectivity index (χ3v) is 7.75. The summed E-state index contributed by atoms with van der Waals surface area (Å²) in [6.07, 6.45) is 0. The fourth-order valence-electron chi connectivity index (χ4n) is 3.94. The first kappa shape index (κ1) is 28.6. The Balaban J connectivity index is 2.01. The molecule has 38 heavy (non-hydrogen) atoms. The third-order valence-electron chi connectivity index (χ3n) is 5.97. The number of rotatable bonds is 11. The smallest absolute Gasteiger partial charge is 0.264 e. The molecule has 0 saturated heterocycles. The molecule has 0 aliphatic heterocycles. The number of anilines is 1. The molecule has 0 saturated carbocycles. The molecule has 1 atom stereocenters. The van der Waals surface area contributed by atoms with Crippen molar-refractivity contribution in [2.45, 2.75) is 38.3 Å². The van der Waals surface area contributed by atoms with Crippen LogP contribution in [0.4, 0.5) is 10.1 Å². The summed E-state index contributed by atoms with van der Waals surface area (Å²) in [6, 6.07) is 17.3. The lowest BCUT2D eigenvalue weighted by molar-refractivity contribution is -0.139. The Labute approximate surface area is 223 Å². The van der Waals surface area contributed by atoms with E-state index in [2.05, 4.69) is 5.32 Å². The second-order valence-corrected chi connectivity index (χ2v) is 10.6. The largest absolute Gasteiger partial charge is 0.494 e. The monoisotopic (exact) mass is 541 g/mol. The Bertz CT molecular complexity index is 1360. The highest BCUT2D eigenvalue weighted by atomic mass is 32.2. The third kappa shape index (κ3) is 6.89. The van der Waals surface area contributed by atoms with Crippen molar-refractivity contribution >= 4 is 27.5 Å². The average Bonchev–Trinajstić information content (AvgIpc) is 2.90. The highest BCUT2D eigenvalue weighted by Crippen LogP contribution is 2.26. The molecule has 0 bridgehead atoms. The number of carbonyl (C=O) groups is 2. The molecular weight excluding hydrogens is 509 g/mol. The van der Waals surface area contributed by atoms with Crippen LogP contribution in [0.2, 0.25) is 0 Å². The van der Waals surface area contributed by atoms with Crippen molar-refractivity contribution in [2.75, 3.05) is 24.5 Å². The summed E-state index contributed by atoms with van der Waals surface area (Å²) in [4.78, 5) is 27.5. The van der Waals surface area contributed by atoms with E-state index in [0.717, 1.165) is 27.6 Å². The zero-order valence-corrected chi connectivity index (χ0v) is 22.7. The van der Waals surface area contributed by atoms with E-state index < -0.39 is 40.2 Å². The summed E-state index contributed by atoms with van der Waals surface area (Å²) < 4.78 is 47.5. The maximum atomic E-state index is 13.7. The van der Waals surface area contributed by atoms with Gasteiger partial charge in [-0.25, -0.2) is 12.8 Å². The van der Waals surface area contributed by atoms with Crippen molar-refractivity contribution in [3.63, 3.8) is 0 Å². The van der Waals surface area contributed by atoms with Crippen molar-refractivity contribution < 1.29 is 27.1 Å². The number of likely N-dealkylation sites (N-methyl/N-ethyl adjacent to an activating group) is 1. The van der Waals surface area contributed by atoms with Gasteiger partial charge in [0.1, 0.15) is 24.2 Å². The molecule has 3 aromatic rings. The molecule has 3 aromatic carbocycles. The number of nitrogens with one attached hydrogen (secondary N) is 1. The first-order valence-electron chi connectivity index (χ1n) is 12.1. The predicted octanol–water partition coefficient (Wildman–Crippen LogP) is 3.89. The summed E-state index contributed by atoms with van der Waals surface area (Å²) in [5.41, 5.74) is 1.88. The van der Waals surface area contributed by atoms with Crippen LogP contribution in [0.25, 0.3) is 0 Å². The van der Waals surface area contributed by atoms with E-state index >= 15 is 0 Å². The SMILES string of the molecule is CCOc1ccc(S(=O)(=O)N(CC(=O)N(Cc2cccc(C)c2)C(C)C(=O)NC)c2ccc(F)cc2)cc1. The second-order valence-electron chi connectivity index (χ2n) is 8.69. The van der Waals surface area contributed by atoms with Crippen LogP contribution >= 0.6 is 0 Å². The van der Waals surface area contributed by atoms with Crippen LogP contribution in [0.15, 0.2) is 77.7 Å². The first-order valence-corrected chi connectivity index (χ1v) is 13.6. The van der Waals surface area contributed by atoms with Gasteiger partial charge in [-0.1, -0.05) is 29.8 Å². The molecule has 8 nitrogen and oxygen atoms in total. The maximum Gasteiger partial charge on any atom is 0.264 e. The van der Waals surface area contributed by atoms with Crippen molar-refractivity contribution in [3.05, 3.63) is 89.7 Å². The van der Waals surface area contributed by atoms with Crippen LogP contribution in [-0.2, 0) is 26.2 Å². The second kappa shape index (κ2) is 12.6. The minimum Gasteiger partial charge on any atom is -0.494 e. The molecule has 2 amide bonds. The number of carbonyl (C=O) groups excluding carboxylic acids is 2. The number of ether oxygens (including phenoxy) is 1. The van der Waals surface area contributed by atoms with Gasteiger partial charge in [0.05, 0.1) is 17.2 Å². The topological polar surface area (TPSA) is 96.0 Å². The van der Waals surface area contributed by atoms with Crippen LogP contribution in [0.5, 0.6) is 5.75 Å². The lowest BCUT2D eigenvalue weighted by Crippen LogP contribution is -2.50. The van der Waals surface area contributed by atoms with Gasteiger partial charge in [-0.05, 0) is 74.9 Å². The van der Waals surface area contributed by atoms with E-state index in [1.807, 2.05) is 38.1 Å². The van der Waals surface area contributed by atoms with Crippen LogP contribution in [-0.4, -0.2) is 51.4 Å². The number of halogens is 1. The van der Waals surface area contributed by atoms with Gasteiger partial charge in [0, 0.05) is 13.6 Å². The quantitative estimate of drug-likeness (QED) is 0.397. The van der Waals surface area contributed by atoms with Gasteiger partial charge in [-0.15, -0.1) is 0 Å². The normalized spacial score (nSPS) is 11.9. The number of benzene rings is 3. The molecule has 1 N–H and O–H groups in total. The molecule has 202 valence electrons. The van der Waals surface area contributed by atoms with Crippen LogP contribution in [0.3, 0.4) is 0 Å². The number of hydrogen-bond acceptors (Lipinski definition) is 5. The Morgan fingerprint density at radius 3 is 2.26 bits per heavy atom. The molecule has 0 fully saturated rings. The van der Waals surface area contributed by atoms with Crippen LogP contribution < -0.4 is 14.4 Å². The summed E-state index contributed by atoms with van der Waals surface area (Å²) in [7, 11) is -2.78. The van der Waals surface area contributed by atoms with E-state index in [-0.39, 0.29) is 17.1 Å². The Morgan fingerprint density at radius 1 is 1.03 bits per heavy atom. The standard InChI is InChI=1S/C28H32FN3O5S/c1-5-37-25-13-15-26(16-14-25)38(35,36)32(24-11-9-23(29)10-12-24)19-27(33)31(21(3)28(34)30-4)18-22-8-6-7-20(2)17-22/h6-17,21H,5,18-19H2,1-4H3,(H,30,34). The fourth-order valence-corrected chi connectivity index (χ4v) is 5.35. The lowest BCUT2D eigenvalue weighted by Gasteiger charge is -2.31. The minimum absolute atomic E-state index is 0.0670. The molecule has 10 heteroatoms. The zero-order valence-electron chi connectivity index (χ0n) is 21.8. The van der Waals surface area contributed by atoms with Crippen molar-refractivity contribution in [1.82, 2.24) is 10.2 Å². The van der Waals surface area contributed by atoms with Gasteiger partial charge >= 0.3 is 0 Å². The molecule has 0 spiro atoms. The number of amides is 2.